The first-order valence-corrected chi connectivity index (χ1v) is 9.53. The summed E-state index contributed by atoms with van der Waals surface area (Å²) >= 11 is 0. The molecule has 0 aromatic heterocycles. The Bertz CT molecular complexity index is 583. The Hall–Kier alpha value is -0.870. The molecule has 0 aromatic rings. The first-order valence-electron chi connectivity index (χ1n) is 8.05. The van der Waals surface area contributed by atoms with E-state index < -0.39 is 44.5 Å². The molecule has 4 bridgehead atoms. The van der Waals surface area contributed by atoms with Crippen LogP contribution in [0.1, 0.15) is 38.5 Å². The summed E-state index contributed by atoms with van der Waals surface area (Å²) < 4.78 is 61.7. The molecule has 138 valence electrons. The van der Waals surface area contributed by atoms with E-state index in [1.807, 2.05) is 0 Å². The van der Waals surface area contributed by atoms with E-state index in [-0.39, 0.29) is 0 Å². The van der Waals surface area contributed by atoms with Gasteiger partial charge in [0.2, 0.25) is 0 Å². The lowest BCUT2D eigenvalue weighted by Crippen LogP contribution is -3.11. The van der Waals surface area contributed by atoms with E-state index >= 15 is 0 Å². The fraction of sp³-hybridized carbons (Fsp3) is 0.929. The second-order valence-corrected chi connectivity index (χ2v) is 9.33. The van der Waals surface area contributed by atoms with Crippen molar-refractivity contribution in [3.63, 3.8) is 0 Å². The molecule has 0 heterocycles. The molecule has 0 radical (unpaired) electrons. The molecule has 0 aliphatic heterocycles. The van der Waals surface area contributed by atoms with Crippen LogP contribution in [0.4, 0.5) is 13.2 Å². The Labute approximate surface area is 138 Å². The van der Waals surface area contributed by atoms with Crippen LogP contribution in [0.15, 0.2) is 0 Å². The highest BCUT2D eigenvalue weighted by Crippen LogP contribution is 2.60. The highest BCUT2D eigenvalue weighted by Gasteiger charge is 2.56. The highest BCUT2D eigenvalue weighted by molar-refractivity contribution is 7.86. The van der Waals surface area contributed by atoms with Gasteiger partial charge in [0.25, 0.3) is 0 Å². The molecule has 4 saturated carbocycles. The average Bonchev–Trinajstić information content (AvgIpc) is 2.44. The summed E-state index contributed by atoms with van der Waals surface area (Å²) in [5.74, 6) is 1.00. The molecule has 0 aromatic carbocycles. The third-order valence-electron chi connectivity index (χ3n) is 5.62. The predicted octanol–water partition coefficient (Wildman–Crippen LogP) is 0.978. The molecule has 0 saturated heterocycles. The lowest BCUT2D eigenvalue weighted by atomic mass is 9.49. The number of carbonyl (C=O) groups is 1. The van der Waals surface area contributed by atoms with Crippen LogP contribution < -0.4 is 4.47 Å². The van der Waals surface area contributed by atoms with Crippen LogP contribution in [0.25, 0.3) is 0 Å². The van der Waals surface area contributed by atoms with Gasteiger partial charge in [-0.15, -0.1) is 0 Å². The van der Waals surface area contributed by atoms with Gasteiger partial charge in [-0.25, -0.2) is 0 Å². The molecule has 24 heavy (non-hydrogen) atoms. The summed E-state index contributed by atoms with van der Waals surface area (Å²) in [6.45, 7) is -1.60. The van der Waals surface area contributed by atoms with E-state index in [0.29, 0.717) is 17.8 Å². The molecule has 0 spiro atoms. The maximum absolute atomic E-state index is 12.4. The lowest BCUT2D eigenvalue weighted by molar-refractivity contribution is -0.712. The van der Waals surface area contributed by atoms with Crippen molar-refractivity contribution >= 4 is 16.0 Å². The standard InChI is InChI=1S/C14H20F3NO5S/c15-14(16,17)24(21,22)18(20)1-2-23-12(19)13-6-9-3-10(7-13)5-11(4-9)8-13/h9-11,18H,1-8H2. The summed E-state index contributed by atoms with van der Waals surface area (Å²) in [5, 5.41) is 11.2. The molecule has 0 amide bonds. The number of rotatable bonds is 5. The van der Waals surface area contributed by atoms with Crippen molar-refractivity contribution in [3.8, 4) is 0 Å². The molecule has 4 fully saturated rings. The topological polar surface area (TPSA) is 87.9 Å². The number of ether oxygens (including phenoxy) is 1. The zero-order valence-electron chi connectivity index (χ0n) is 13.0. The number of sulfonamides is 1. The monoisotopic (exact) mass is 371 g/mol. The second kappa shape index (κ2) is 5.84. The zero-order valence-corrected chi connectivity index (χ0v) is 13.8. The van der Waals surface area contributed by atoms with Crippen LogP contribution in [-0.2, 0) is 19.6 Å². The first kappa shape index (κ1) is 17.9. The zero-order chi connectivity index (χ0) is 17.8. The summed E-state index contributed by atoms with van der Waals surface area (Å²) in [6, 6.07) is 0. The minimum atomic E-state index is -5.85. The van der Waals surface area contributed by atoms with Crippen molar-refractivity contribution in [2.75, 3.05) is 13.2 Å². The molecule has 1 atom stereocenters. The molecule has 6 nitrogen and oxygen atoms in total. The van der Waals surface area contributed by atoms with Gasteiger partial charge in [-0.1, -0.05) is 0 Å². The predicted molar refractivity (Wildman–Crippen MR) is 75.7 cm³/mol. The molecule has 1 unspecified atom stereocenters. The number of nitrogens with one attached hydrogen (secondary N) is 1. The van der Waals surface area contributed by atoms with E-state index in [1.54, 1.807) is 0 Å². The number of esters is 1. The van der Waals surface area contributed by atoms with Gasteiger partial charge in [-0.05, 0) is 56.3 Å². The van der Waals surface area contributed by atoms with Crippen LogP contribution in [0.5, 0.6) is 0 Å². The van der Waals surface area contributed by atoms with Gasteiger partial charge in [0.1, 0.15) is 13.2 Å². The number of hydrogen-bond donors (Lipinski definition) is 1. The van der Waals surface area contributed by atoms with Crippen LogP contribution in [-0.4, -0.2) is 33.0 Å². The van der Waals surface area contributed by atoms with Gasteiger partial charge < -0.3 is 9.94 Å². The van der Waals surface area contributed by atoms with Gasteiger partial charge in [-0.2, -0.15) is 21.6 Å². The third kappa shape index (κ3) is 3.03. The summed E-state index contributed by atoms with van der Waals surface area (Å²) in [5.41, 5.74) is -6.20. The molecular formula is C14H20F3NO5S. The fourth-order valence-corrected chi connectivity index (χ4v) is 5.61. The van der Waals surface area contributed by atoms with Crippen molar-refractivity contribution < 1.29 is 35.6 Å². The minimum absolute atomic E-state index is 0.487. The molecule has 4 aliphatic carbocycles. The normalized spacial score (nSPS) is 36.6. The van der Waals surface area contributed by atoms with Gasteiger partial charge >= 0.3 is 21.5 Å². The summed E-state index contributed by atoms with van der Waals surface area (Å²) in [6.07, 6.45) is 5.55. The molecule has 4 rings (SSSR count). The van der Waals surface area contributed by atoms with Crippen LogP contribution in [0.3, 0.4) is 0 Å². The number of halogens is 3. The molecule has 10 heteroatoms. The van der Waals surface area contributed by atoms with Gasteiger partial charge in [0, 0.05) is 0 Å². The van der Waals surface area contributed by atoms with Crippen LogP contribution in [0, 0.1) is 28.4 Å². The van der Waals surface area contributed by atoms with E-state index in [1.165, 1.54) is 0 Å². The Morgan fingerprint density at radius 1 is 1.12 bits per heavy atom. The third-order valence-corrected chi connectivity index (χ3v) is 7.03. The van der Waals surface area contributed by atoms with Crippen LogP contribution >= 0.6 is 0 Å². The van der Waals surface area contributed by atoms with Crippen molar-refractivity contribution in [3.05, 3.63) is 5.21 Å². The minimum Gasteiger partial charge on any atom is -0.618 e. The fourth-order valence-electron chi connectivity index (χ4n) is 5.00. The van der Waals surface area contributed by atoms with Crippen molar-refractivity contribution in [2.24, 2.45) is 23.2 Å². The first-order chi connectivity index (χ1) is 11.0. The van der Waals surface area contributed by atoms with E-state index in [0.717, 1.165) is 38.5 Å². The van der Waals surface area contributed by atoms with E-state index in [9.17, 15) is 31.6 Å². The average molecular weight is 371 g/mol. The lowest BCUT2D eigenvalue weighted by Gasteiger charge is -2.55. The van der Waals surface area contributed by atoms with E-state index in [2.05, 4.69) is 0 Å². The summed E-state index contributed by atoms with van der Waals surface area (Å²) in [7, 11) is -5.85. The highest BCUT2D eigenvalue weighted by atomic mass is 32.2. The number of quaternary nitrogens is 1. The van der Waals surface area contributed by atoms with Crippen LogP contribution in [0.2, 0.25) is 0 Å². The smallest absolute Gasteiger partial charge is 0.549 e. The van der Waals surface area contributed by atoms with Crippen molar-refractivity contribution in [2.45, 2.75) is 44.0 Å². The Balaban J connectivity index is 1.55. The maximum Gasteiger partial charge on any atom is 0.549 e. The largest absolute Gasteiger partial charge is 0.618 e. The number of hydroxylamine groups is 1. The number of alkyl halides is 3. The Kier molecular flexibility index (Phi) is 4.37. The van der Waals surface area contributed by atoms with Gasteiger partial charge in [0.05, 0.1) is 5.41 Å². The molecule has 1 N–H and O–H groups in total. The number of carbonyl (C=O) groups excluding carboxylic acids is 1. The van der Waals surface area contributed by atoms with E-state index in [4.69, 9.17) is 4.74 Å². The quantitative estimate of drug-likeness (QED) is 0.575. The summed E-state index contributed by atoms with van der Waals surface area (Å²) in [4.78, 5) is 12.4. The maximum atomic E-state index is 12.4. The van der Waals surface area contributed by atoms with Crippen molar-refractivity contribution in [1.29, 1.82) is 0 Å². The molecular weight excluding hydrogens is 351 g/mol. The van der Waals surface area contributed by atoms with Crippen molar-refractivity contribution in [1.82, 2.24) is 0 Å². The second-order valence-electron chi connectivity index (χ2n) is 7.40. The number of hydrogen-bond acceptors (Lipinski definition) is 5. The molecule has 4 aliphatic rings. The van der Waals surface area contributed by atoms with Gasteiger partial charge in [-0.3, -0.25) is 9.26 Å². The Morgan fingerprint density at radius 2 is 1.58 bits per heavy atom. The Morgan fingerprint density at radius 3 is 2.00 bits per heavy atom. The van der Waals surface area contributed by atoms with Gasteiger partial charge in [0.15, 0.2) is 0 Å². The SMILES string of the molecule is O=C(OCC[NH+]([O-])S(=O)(=O)C(F)(F)F)C12CC3CC(CC(C3)C1)C2.